The van der Waals surface area contributed by atoms with Gasteiger partial charge in [0, 0.05) is 5.56 Å². The zero-order valence-electron chi connectivity index (χ0n) is 13.3. The van der Waals surface area contributed by atoms with E-state index in [-0.39, 0.29) is 12.4 Å². The first-order valence-corrected chi connectivity index (χ1v) is 8.49. The lowest BCUT2D eigenvalue weighted by Gasteiger charge is -2.22. The molecule has 0 spiro atoms. The Bertz CT molecular complexity index is 814. The summed E-state index contributed by atoms with van der Waals surface area (Å²) in [5, 5.41) is 9.73. The number of ether oxygens (including phenoxy) is 1. The third kappa shape index (κ3) is 4.00. The van der Waals surface area contributed by atoms with Gasteiger partial charge >= 0.3 is 6.09 Å². The van der Waals surface area contributed by atoms with Crippen molar-refractivity contribution in [2.75, 3.05) is 4.90 Å². The Labute approximate surface area is 154 Å². The number of amides is 1. The van der Waals surface area contributed by atoms with Gasteiger partial charge in [-0.2, -0.15) is 0 Å². The van der Waals surface area contributed by atoms with Crippen molar-refractivity contribution in [2.45, 2.75) is 6.61 Å². The Morgan fingerprint density at radius 3 is 2.00 bits per heavy atom. The van der Waals surface area contributed by atoms with Crippen LogP contribution in [0, 0.1) is 0 Å². The van der Waals surface area contributed by atoms with Gasteiger partial charge in [0.25, 0.3) is 0 Å². The zero-order chi connectivity index (χ0) is 17.6. The van der Waals surface area contributed by atoms with Crippen LogP contribution in [0.25, 0.3) is 0 Å². The molecule has 0 aliphatic rings. The van der Waals surface area contributed by atoms with Crippen molar-refractivity contribution in [1.82, 2.24) is 0 Å². The Morgan fingerprint density at radius 1 is 0.880 bits per heavy atom. The number of carbonyl (C=O) groups excluding carboxylic acids is 1. The summed E-state index contributed by atoms with van der Waals surface area (Å²) in [5.74, 6) is 0.108. The van der Waals surface area contributed by atoms with Gasteiger partial charge in [-0.3, -0.25) is 0 Å². The van der Waals surface area contributed by atoms with E-state index < -0.39 is 6.09 Å². The quantitative estimate of drug-likeness (QED) is 0.620. The van der Waals surface area contributed by atoms with Gasteiger partial charge in [0.15, 0.2) is 0 Å². The number of benzene rings is 3. The smallest absolute Gasteiger partial charge is 0.419 e. The van der Waals surface area contributed by atoms with Crippen molar-refractivity contribution >= 4 is 33.4 Å². The highest BCUT2D eigenvalue weighted by molar-refractivity contribution is 9.10. The van der Waals surface area contributed by atoms with Gasteiger partial charge in [-0.1, -0.05) is 48.5 Å². The Kier molecular flexibility index (Phi) is 5.36. The average molecular weight is 398 g/mol. The number of halogens is 1. The maximum absolute atomic E-state index is 12.7. The van der Waals surface area contributed by atoms with E-state index in [9.17, 15) is 9.90 Å². The van der Waals surface area contributed by atoms with Crippen LogP contribution in [0.2, 0.25) is 0 Å². The molecule has 0 saturated heterocycles. The van der Waals surface area contributed by atoms with Crippen molar-refractivity contribution in [2.24, 2.45) is 0 Å². The van der Waals surface area contributed by atoms with Gasteiger partial charge in [-0.15, -0.1) is 0 Å². The number of nitrogens with zero attached hydrogens (tertiary/aromatic N) is 1. The number of anilines is 2. The van der Waals surface area contributed by atoms with Crippen molar-refractivity contribution < 1.29 is 14.6 Å². The molecule has 4 nitrogen and oxygen atoms in total. The van der Waals surface area contributed by atoms with Crippen LogP contribution in [0.15, 0.2) is 83.3 Å². The fraction of sp³-hybridized carbons (Fsp3) is 0.0500. The normalized spacial score (nSPS) is 10.3. The molecule has 0 aromatic heterocycles. The molecule has 1 N–H and O–H groups in total. The van der Waals surface area contributed by atoms with Crippen molar-refractivity contribution in [1.29, 1.82) is 0 Å². The number of para-hydroxylation sites is 2. The van der Waals surface area contributed by atoms with Crippen molar-refractivity contribution in [3.63, 3.8) is 0 Å². The fourth-order valence-electron chi connectivity index (χ4n) is 2.40. The first-order chi connectivity index (χ1) is 12.2. The van der Waals surface area contributed by atoms with Crippen molar-refractivity contribution in [3.8, 4) is 5.75 Å². The number of aromatic hydroxyl groups is 1. The van der Waals surface area contributed by atoms with Gasteiger partial charge in [0.2, 0.25) is 0 Å². The summed E-state index contributed by atoms with van der Waals surface area (Å²) >= 11 is 3.30. The molecule has 0 aliphatic carbocycles. The highest BCUT2D eigenvalue weighted by Gasteiger charge is 2.19. The van der Waals surface area contributed by atoms with E-state index in [4.69, 9.17) is 4.74 Å². The van der Waals surface area contributed by atoms with Gasteiger partial charge in [0.1, 0.15) is 12.4 Å². The Morgan fingerprint density at radius 2 is 1.44 bits per heavy atom. The number of rotatable bonds is 4. The predicted octanol–water partition coefficient (Wildman–Crippen LogP) is 5.63. The summed E-state index contributed by atoms with van der Waals surface area (Å²) in [5.41, 5.74) is 2.12. The maximum atomic E-state index is 12.7. The van der Waals surface area contributed by atoms with Gasteiger partial charge < -0.3 is 9.84 Å². The monoisotopic (exact) mass is 397 g/mol. The SMILES string of the molecule is O=C(OCc1cccc(O)c1Br)N(c1ccccc1)c1ccccc1. The lowest BCUT2D eigenvalue weighted by Crippen LogP contribution is -2.26. The highest BCUT2D eigenvalue weighted by Crippen LogP contribution is 2.29. The molecule has 0 aliphatic heterocycles. The van der Waals surface area contributed by atoms with E-state index >= 15 is 0 Å². The third-order valence-electron chi connectivity index (χ3n) is 3.62. The van der Waals surface area contributed by atoms with Crippen LogP contribution in [-0.2, 0) is 11.3 Å². The van der Waals surface area contributed by atoms with E-state index in [2.05, 4.69) is 15.9 Å². The molecule has 126 valence electrons. The molecule has 0 bridgehead atoms. The molecule has 0 saturated carbocycles. The van der Waals surface area contributed by atoms with Crippen molar-refractivity contribution in [3.05, 3.63) is 88.9 Å². The number of phenolic OH excluding ortho intramolecular Hbond substituents is 1. The van der Waals surface area contributed by atoms with E-state index in [1.807, 2.05) is 60.7 Å². The van der Waals surface area contributed by atoms with E-state index in [0.717, 1.165) is 0 Å². The first kappa shape index (κ1) is 17.0. The molecule has 0 radical (unpaired) electrons. The average Bonchev–Trinajstić information content (AvgIpc) is 2.65. The molecule has 0 atom stereocenters. The molecule has 3 aromatic rings. The minimum atomic E-state index is -0.493. The summed E-state index contributed by atoms with van der Waals surface area (Å²) in [6, 6.07) is 23.7. The summed E-state index contributed by atoms with van der Waals surface area (Å²) in [6.07, 6.45) is -0.493. The number of hydrogen-bond donors (Lipinski definition) is 1. The largest absolute Gasteiger partial charge is 0.507 e. The fourth-order valence-corrected chi connectivity index (χ4v) is 2.77. The van der Waals surface area contributed by atoms with Crippen LogP contribution in [0.4, 0.5) is 16.2 Å². The topological polar surface area (TPSA) is 49.8 Å². The number of hydrogen-bond acceptors (Lipinski definition) is 3. The summed E-state index contributed by atoms with van der Waals surface area (Å²) in [4.78, 5) is 14.3. The van der Waals surface area contributed by atoms with Gasteiger partial charge in [0.05, 0.1) is 15.8 Å². The lowest BCUT2D eigenvalue weighted by atomic mass is 10.2. The molecular formula is C20H16BrNO3. The van der Waals surface area contributed by atoms with Gasteiger partial charge in [-0.05, 0) is 46.3 Å². The lowest BCUT2D eigenvalue weighted by molar-refractivity contribution is 0.149. The predicted molar refractivity (Wildman–Crippen MR) is 101 cm³/mol. The Hall–Kier alpha value is -2.79. The standard InChI is InChI=1S/C20H16BrNO3/c21-19-15(8-7-13-18(19)23)14-25-20(24)22(16-9-3-1-4-10-16)17-11-5-2-6-12-17/h1-13,23H,14H2. The first-order valence-electron chi connectivity index (χ1n) is 7.70. The van der Waals surface area contributed by atoms with Crippen LogP contribution >= 0.6 is 15.9 Å². The highest BCUT2D eigenvalue weighted by atomic mass is 79.9. The molecule has 3 rings (SSSR count). The van der Waals surface area contributed by atoms with Crippen LogP contribution in [0.5, 0.6) is 5.75 Å². The van der Waals surface area contributed by atoms with Gasteiger partial charge in [-0.25, -0.2) is 9.69 Å². The molecule has 0 unspecified atom stereocenters. The molecule has 25 heavy (non-hydrogen) atoms. The minimum Gasteiger partial charge on any atom is -0.507 e. The second-order valence-electron chi connectivity index (χ2n) is 5.31. The minimum absolute atomic E-state index is 0.0456. The molecule has 3 aromatic carbocycles. The molecular weight excluding hydrogens is 382 g/mol. The zero-order valence-corrected chi connectivity index (χ0v) is 14.9. The third-order valence-corrected chi connectivity index (χ3v) is 4.54. The van der Waals surface area contributed by atoms with E-state index in [0.29, 0.717) is 21.4 Å². The number of carbonyl (C=O) groups is 1. The van der Waals surface area contributed by atoms with Crippen LogP contribution in [0.3, 0.4) is 0 Å². The second-order valence-corrected chi connectivity index (χ2v) is 6.10. The molecule has 5 heteroatoms. The summed E-state index contributed by atoms with van der Waals surface area (Å²) in [6.45, 7) is 0.0456. The second kappa shape index (κ2) is 7.85. The Balaban J connectivity index is 1.84. The molecule has 1 amide bonds. The van der Waals surface area contributed by atoms with Crippen LogP contribution in [-0.4, -0.2) is 11.2 Å². The molecule has 0 fully saturated rings. The van der Waals surface area contributed by atoms with Crippen LogP contribution in [0.1, 0.15) is 5.56 Å². The summed E-state index contributed by atoms with van der Waals surface area (Å²) in [7, 11) is 0. The molecule has 0 heterocycles. The van der Waals surface area contributed by atoms with E-state index in [1.54, 1.807) is 18.2 Å². The summed E-state index contributed by atoms with van der Waals surface area (Å²) < 4.78 is 6.00. The van der Waals surface area contributed by atoms with E-state index in [1.165, 1.54) is 4.90 Å². The van der Waals surface area contributed by atoms with Crippen LogP contribution < -0.4 is 4.90 Å². The number of phenols is 1. The maximum Gasteiger partial charge on any atom is 0.419 e.